The molecule has 7 nitrogen and oxygen atoms in total. The van der Waals surface area contributed by atoms with Crippen molar-refractivity contribution in [3.8, 4) is 5.75 Å². The van der Waals surface area contributed by atoms with Crippen molar-refractivity contribution < 1.29 is 14.1 Å². The van der Waals surface area contributed by atoms with Crippen molar-refractivity contribution in [1.82, 2.24) is 20.4 Å². The molecule has 1 amide bonds. The van der Waals surface area contributed by atoms with Gasteiger partial charge in [-0.2, -0.15) is 4.98 Å². The van der Waals surface area contributed by atoms with E-state index >= 15 is 0 Å². The van der Waals surface area contributed by atoms with Gasteiger partial charge in [0, 0.05) is 18.2 Å². The lowest BCUT2D eigenvalue weighted by molar-refractivity contribution is 0.0935. The second kappa shape index (κ2) is 7.80. The number of benzene rings is 1. The molecule has 0 aliphatic heterocycles. The summed E-state index contributed by atoms with van der Waals surface area (Å²) in [5.41, 5.74) is 3.39. The maximum absolute atomic E-state index is 13.0. The fourth-order valence-electron chi connectivity index (χ4n) is 3.53. The highest BCUT2D eigenvalue weighted by molar-refractivity contribution is 5.93. The third-order valence-corrected chi connectivity index (χ3v) is 4.94. The molecule has 1 atom stereocenters. The zero-order valence-corrected chi connectivity index (χ0v) is 15.9. The Bertz CT molecular complexity index is 999. The minimum Gasteiger partial charge on any atom is -0.496 e. The van der Waals surface area contributed by atoms with E-state index in [4.69, 9.17) is 9.26 Å². The standard InChI is InChI=1S/C21H22N4O3/c1-13-22-20(25-28-13)19(15-8-4-6-10-18(15)27-2)24-21(26)17-12-11-14-7-3-5-9-16(14)23-17/h4,6,8,10-12,19H,3,5,7,9H2,1-2H3,(H,24,26)/t19-/m1/s1. The molecule has 0 bridgehead atoms. The van der Waals surface area contributed by atoms with E-state index in [1.807, 2.05) is 30.3 Å². The molecule has 1 N–H and O–H groups in total. The van der Waals surface area contributed by atoms with Gasteiger partial charge in [0.05, 0.1) is 7.11 Å². The number of nitrogens with one attached hydrogen (secondary N) is 1. The van der Waals surface area contributed by atoms with Crippen LogP contribution in [0, 0.1) is 6.92 Å². The van der Waals surface area contributed by atoms with Crippen molar-refractivity contribution in [2.24, 2.45) is 0 Å². The van der Waals surface area contributed by atoms with Gasteiger partial charge < -0.3 is 14.6 Å². The topological polar surface area (TPSA) is 90.1 Å². The summed E-state index contributed by atoms with van der Waals surface area (Å²) in [5.74, 6) is 1.14. The van der Waals surface area contributed by atoms with Crippen molar-refractivity contribution in [2.75, 3.05) is 7.11 Å². The number of rotatable bonds is 5. The van der Waals surface area contributed by atoms with E-state index in [2.05, 4.69) is 20.4 Å². The normalized spacial score (nSPS) is 14.2. The van der Waals surface area contributed by atoms with E-state index in [1.54, 1.807) is 20.1 Å². The van der Waals surface area contributed by atoms with Gasteiger partial charge in [-0.05, 0) is 43.4 Å². The molecular weight excluding hydrogens is 356 g/mol. The van der Waals surface area contributed by atoms with Crippen molar-refractivity contribution in [2.45, 2.75) is 38.6 Å². The summed E-state index contributed by atoms with van der Waals surface area (Å²) in [6, 6.07) is 10.6. The van der Waals surface area contributed by atoms with E-state index in [-0.39, 0.29) is 5.91 Å². The monoisotopic (exact) mass is 378 g/mol. The van der Waals surface area contributed by atoms with Crippen LogP contribution in [0.25, 0.3) is 0 Å². The smallest absolute Gasteiger partial charge is 0.270 e. The van der Waals surface area contributed by atoms with Crippen molar-refractivity contribution >= 4 is 5.91 Å². The first-order valence-electron chi connectivity index (χ1n) is 9.38. The average molecular weight is 378 g/mol. The highest BCUT2D eigenvalue weighted by Crippen LogP contribution is 2.29. The second-order valence-corrected chi connectivity index (χ2v) is 6.83. The number of amides is 1. The number of aromatic nitrogens is 3. The summed E-state index contributed by atoms with van der Waals surface area (Å²) in [4.78, 5) is 21.9. The first kappa shape index (κ1) is 18.2. The van der Waals surface area contributed by atoms with Gasteiger partial charge in [0.1, 0.15) is 17.5 Å². The van der Waals surface area contributed by atoms with Crippen LogP contribution in [-0.2, 0) is 12.8 Å². The molecule has 1 aliphatic carbocycles. The molecule has 0 unspecified atom stereocenters. The SMILES string of the molecule is COc1ccccc1[C@@H](NC(=O)c1ccc2c(n1)CCCC2)c1noc(C)n1. The van der Waals surface area contributed by atoms with Crippen LogP contribution >= 0.6 is 0 Å². The Labute approximate surface area is 163 Å². The number of para-hydroxylation sites is 1. The Balaban J connectivity index is 1.67. The van der Waals surface area contributed by atoms with Gasteiger partial charge in [-0.3, -0.25) is 4.79 Å². The molecule has 4 rings (SSSR count). The molecular formula is C21H22N4O3. The summed E-state index contributed by atoms with van der Waals surface area (Å²) >= 11 is 0. The maximum Gasteiger partial charge on any atom is 0.270 e. The summed E-state index contributed by atoms with van der Waals surface area (Å²) in [6.45, 7) is 1.71. The predicted octanol–water partition coefficient (Wildman–Crippen LogP) is 3.18. The van der Waals surface area contributed by atoms with Crippen molar-refractivity contribution in [1.29, 1.82) is 0 Å². The summed E-state index contributed by atoms with van der Waals surface area (Å²) in [7, 11) is 1.59. The number of pyridine rings is 1. The van der Waals surface area contributed by atoms with Crippen LogP contribution in [0.3, 0.4) is 0 Å². The van der Waals surface area contributed by atoms with E-state index in [9.17, 15) is 4.79 Å². The van der Waals surface area contributed by atoms with E-state index in [1.165, 1.54) is 12.0 Å². The molecule has 0 saturated heterocycles. The number of aryl methyl sites for hydroxylation is 3. The second-order valence-electron chi connectivity index (χ2n) is 6.83. The number of carbonyl (C=O) groups is 1. The fourth-order valence-corrected chi connectivity index (χ4v) is 3.53. The summed E-state index contributed by atoms with van der Waals surface area (Å²) < 4.78 is 10.6. The minimum absolute atomic E-state index is 0.285. The summed E-state index contributed by atoms with van der Waals surface area (Å²) in [5, 5.41) is 7.00. The van der Waals surface area contributed by atoms with Gasteiger partial charge in [0.15, 0.2) is 5.82 Å². The quantitative estimate of drug-likeness (QED) is 0.733. The number of hydrogen-bond donors (Lipinski definition) is 1. The van der Waals surface area contributed by atoms with Crippen LogP contribution in [0.15, 0.2) is 40.9 Å². The van der Waals surface area contributed by atoms with E-state index < -0.39 is 6.04 Å². The Morgan fingerprint density at radius 2 is 1.96 bits per heavy atom. The lowest BCUT2D eigenvalue weighted by Crippen LogP contribution is -2.31. The van der Waals surface area contributed by atoms with Crippen LogP contribution in [-0.4, -0.2) is 28.1 Å². The maximum atomic E-state index is 13.0. The van der Waals surface area contributed by atoms with Gasteiger partial charge in [0.2, 0.25) is 5.89 Å². The van der Waals surface area contributed by atoms with Crippen molar-refractivity contribution in [3.05, 3.63) is 70.6 Å². The third kappa shape index (κ3) is 3.60. The molecule has 144 valence electrons. The Hall–Kier alpha value is -3.22. The van der Waals surface area contributed by atoms with Gasteiger partial charge in [-0.1, -0.05) is 29.4 Å². The highest BCUT2D eigenvalue weighted by Gasteiger charge is 2.26. The molecule has 0 radical (unpaired) electrons. The Morgan fingerprint density at radius 3 is 2.75 bits per heavy atom. The molecule has 3 aromatic rings. The zero-order valence-electron chi connectivity index (χ0n) is 15.9. The number of methoxy groups -OCH3 is 1. The van der Waals surface area contributed by atoms with E-state index in [0.29, 0.717) is 23.2 Å². The van der Waals surface area contributed by atoms with Crippen LogP contribution in [0.4, 0.5) is 0 Å². The molecule has 0 spiro atoms. The number of carbonyl (C=O) groups excluding carboxylic acids is 1. The van der Waals surface area contributed by atoms with Crippen molar-refractivity contribution in [3.63, 3.8) is 0 Å². The molecule has 28 heavy (non-hydrogen) atoms. The number of fused-ring (bicyclic) bond motifs is 1. The molecule has 0 saturated carbocycles. The summed E-state index contributed by atoms with van der Waals surface area (Å²) in [6.07, 6.45) is 4.22. The first-order chi connectivity index (χ1) is 13.7. The molecule has 0 fully saturated rings. The Morgan fingerprint density at radius 1 is 1.14 bits per heavy atom. The lowest BCUT2D eigenvalue weighted by Gasteiger charge is -2.19. The molecule has 1 aliphatic rings. The third-order valence-electron chi connectivity index (χ3n) is 4.94. The zero-order chi connectivity index (χ0) is 19.5. The Kier molecular flexibility index (Phi) is 5.06. The first-order valence-corrected chi connectivity index (χ1v) is 9.38. The highest BCUT2D eigenvalue weighted by atomic mass is 16.5. The molecule has 2 heterocycles. The van der Waals surface area contributed by atoms with E-state index in [0.717, 1.165) is 30.5 Å². The lowest BCUT2D eigenvalue weighted by atomic mass is 9.96. The molecule has 1 aromatic carbocycles. The van der Waals surface area contributed by atoms with Crippen LogP contribution in [0.2, 0.25) is 0 Å². The number of nitrogens with zero attached hydrogens (tertiary/aromatic N) is 3. The van der Waals surface area contributed by atoms with Crippen LogP contribution < -0.4 is 10.1 Å². The van der Waals surface area contributed by atoms with Gasteiger partial charge in [-0.25, -0.2) is 4.98 Å². The predicted molar refractivity (Wildman–Crippen MR) is 102 cm³/mol. The van der Waals surface area contributed by atoms with Crippen LogP contribution in [0.5, 0.6) is 5.75 Å². The molecule has 7 heteroatoms. The average Bonchev–Trinajstić information content (AvgIpc) is 3.17. The number of hydrogen-bond acceptors (Lipinski definition) is 6. The van der Waals surface area contributed by atoms with Gasteiger partial charge in [0.25, 0.3) is 5.91 Å². The van der Waals surface area contributed by atoms with Crippen LogP contribution in [0.1, 0.15) is 57.9 Å². The van der Waals surface area contributed by atoms with Gasteiger partial charge >= 0.3 is 0 Å². The minimum atomic E-state index is -0.612. The fraction of sp³-hybridized carbons (Fsp3) is 0.333. The largest absolute Gasteiger partial charge is 0.496 e. The van der Waals surface area contributed by atoms with Gasteiger partial charge in [-0.15, -0.1) is 0 Å². The number of ether oxygens (including phenoxy) is 1. The molecule has 2 aromatic heterocycles.